The molecular formula is C18H25N3O3. The van der Waals surface area contributed by atoms with Gasteiger partial charge >= 0.3 is 6.03 Å². The average Bonchev–Trinajstić information content (AvgIpc) is 3.09. The zero-order valence-electron chi connectivity index (χ0n) is 14.5. The van der Waals surface area contributed by atoms with E-state index in [-0.39, 0.29) is 11.9 Å². The van der Waals surface area contributed by atoms with Gasteiger partial charge in [0.25, 0.3) is 5.91 Å². The number of methoxy groups -OCH3 is 1. The largest absolute Gasteiger partial charge is 0.497 e. The summed E-state index contributed by atoms with van der Waals surface area (Å²) >= 11 is 0. The first kappa shape index (κ1) is 16.8. The second-order valence-corrected chi connectivity index (χ2v) is 6.98. The molecule has 0 bridgehead atoms. The summed E-state index contributed by atoms with van der Waals surface area (Å²) in [6.45, 7) is 5.60. The molecule has 0 spiro atoms. The van der Waals surface area contributed by atoms with E-state index in [0.717, 1.165) is 25.1 Å². The molecule has 3 amide bonds. The number of hydrogen-bond acceptors (Lipinski definition) is 4. The van der Waals surface area contributed by atoms with E-state index in [1.807, 2.05) is 12.1 Å². The monoisotopic (exact) mass is 331 g/mol. The summed E-state index contributed by atoms with van der Waals surface area (Å²) in [5.74, 6) is 0.706. The minimum atomic E-state index is -0.794. The Bertz CT molecular complexity index is 627. The zero-order valence-corrected chi connectivity index (χ0v) is 14.5. The highest BCUT2D eigenvalue weighted by Gasteiger charge is 2.44. The lowest BCUT2D eigenvalue weighted by Gasteiger charge is -2.26. The number of urea groups is 1. The van der Waals surface area contributed by atoms with Gasteiger partial charge in [-0.1, -0.05) is 12.1 Å². The van der Waals surface area contributed by atoms with Crippen molar-refractivity contribution in [2.24, 2.45) is 0 Å². The number of rotatable bonds is 5. The molecule has 24 heavy (non-hydrogen) atoms. The van der Waals surface area contributed by atoms with Crippen molar-refractivity contribution >= 4 is 11.9 Å². The Morgan fingerprint density at radius 1 is 1.21 bits per heavy atom. The van der Waals surface area contributed by atoms with Gasteiger partial charge in [-0.3, -0.25) is 14.6 Å². The highest BCUT2D eigenvalue weighted by atomic mass is 16.5. The molecule has 1 aromatic rings. The highest BCUT2D eigenvalue weighted by Crippen LogP contribution is 2.32. The third-order valence-corrected chi connectivity index (χ3v) is 4.92. The third kappa shape index (κ3) is 3.11. The van der Waals surface area contributed by atoms with Crippen LogP contribution in [0.5, 0.6) is 5.75 Å². The second kappa shape index (κ2) is 6.43. The van der Waals surface area contributed by atoms with E-state index in [1.165, 1.54) is 10.5 Å². The van der Waals surface area contributed by atoms with Crippen molar-refractivity contribution in [1.29, 1.82) is 0 Å². The molecule has 0 saturated carbocycles. The van der Waals surface area contributed by atoms with E-state index in [4.69, 9.17) is 4.74 Å². The van der Waals surface area contributed by atoms with E-state index in [2.05, 4.69) is 22.3 Å². The van der Waals surface area contributed by atoms with Crippen molar-refractivity contribution in [1.82, 2.24) is 15.1 Å². The summed E-state index contributed by atoms with van der Waals surface area (Å²) in [6.07, 6.45) is 2.22. The van der Waals surface area contributed by atoms with Crippen LogP contribution in [0, 0.1) is 0 Å². The number of ether oxygens (including phenoxy) is 1. The molecule has 0 aliphatic carbocycles. The molecule has 130 valence electrons. The van der Waals surface area contributed by atoms with Crippen molar-refractivity contribution in [3.8, 4) is 5.75 Å². The van der Waals surface area contributed by atoms with Gasteiger partial charge in [-0.15, -0.1) is 0 Å². The van der Waals surface area contributed by atoms with Crippen molar-refractivity contribution < 1.29 is 14.3 Å². The Balaban J connectivity index is 1.64. The van der Waals surface area contributed by atoms with Crippen LogP contribution in [0.3, 0.4) is 0 Å². The molecule has 2 aliphatic rings. The van der Waals surface area contributed by atoms with Gasteiger partial charge in [0, 0.05) is 19.1 Å². The Morgan fingerprint density at radius 3 is 2.50 bits per heavy atom. The lowest BCUT2D eigenvalue weighted by atomic mass is 10.0. The zero-order chi connectivity index (χ0) is 17.3. The minimum absolute atomic E-state index is 0.146. The first-order chi connectivity index (χ1) is 11.4. The third-order valence-electron chi connectivity index (χ3n) is 4.92. The molecule has 1 N–H and O–H groups in total. The Morgan fingerprint density at radius 2 is 1.92 bits per heavy atom. The van der Waals surface area contributed by atoms with Crippen molar-refractivity contribution in [2.45, 2.75) is 38.3 Å². The summed E-state index contributed by atoms with van der Waals surface area (Å²) < 4.78 is 5.21. The fourth-order valence-electron chi connectivity index (χ4n) is 3.55. The van der Waals surface area contributed by atoms with Gasteiger partial charge in [0.1, 0.15) is 11.3 Å². The molecule has 6 nitrogen and oxygen atoms in total. The van der Waals surface area contributed by atoms with Gasteiger partial charge in [-0.25, -0.2) is 4.79 Å². The quantitative estimate of drug-likeness (QED) is 0.840. The van der Waals surface area contributed by atoms with Crippen LogP contribution in [0.2, 0.25) is 0 Å². The number of likely N-dealkylation sites (tertiary alicyclic amines) is 1. The molecule has 0 aromatic heterocycles. The number of amides is 3. The van der Waals surface area contributed by atoms with Crippen LogP contribution >= 0.6 is 0 Å². The van der Waals surface area contributed by atoms with E-state index in [0.29, 0.717) is 19.1 Å². The molecule has 3 rings (SSSR count). The second-order valence-electron chi connectivity index (χ2n) is 6.98. The number of benzene rings is 1. The van der Waals surface area contributed by atoms with Crippen LogP contribution in [0.1, 0.15) is 38.3 Å². The fourth-order valence-corrected chi connectivity index (χ4v) is 3.55. The number of nitrogens with one attached hydrogen (secondary N) is 1. The smallest absolute Gasteiger partial charge is 0.325 e. The molecule has 2 fully saturated rings. The van der Waals surface area contributed by atoms with Gasteiger partial charge in [0.2, 0.25) is 0 Å². The topological polar surface area (TPSA) is 61.9 Å². The first-order valence-corrected chi connectivity index (χ1v) is 8.44. The van der Waals surface area contributed by atoms with Crippen LogP contribution < -0.4 is 10.1 Å². The Hall–Kier alpha value is -2.08. The molecular weight excluding hydrogens is 306 g/mol. The van der Waals surface area contributed by atoms with Crippen LogP contribution in [-0.2, 0) is 4.79 Å². The summed E-state index contributed by atoms with van der Waals surface area (Å²) in [5, 5.41) is 2.73. The number of imide groups is 1. The Kier molecular flexibility index (Phi) is 4.49. The molecule has 0 radical (unpaired) electrons. The van der Waals surface area contributed by atoms with Gasteiger partial charge in [0.05, 0.1) is 7.11 Å². The first-order valence-electron chi connectivity index (χ1n) is 8.44. The van der Waals surface area contributed by atoms with E-state index in [1.54, 1.807) is 21.0 Å². The van der Waals surface area contributed by atoms with E-state index in [9.17, 15) is 9.59 Å². The van der Waals surface area contributed by atoms with Gasteiger partial charge in [-0.05, 0) is 50.9 Å². The van der Waals surface area contributed by atoms with Crippen molar-refractivity contribution in [3.63, 3.8) is 0 Å². The maximum absolute atomic E-state index is 12.3. The Labute approximate surface area is 142 Å². The number of carbonyl (C=O) groups is 2. The van der Waals surface area contributed by atoms with Gasteiger partial charge in [-0.2, -0.15) is 0 Å². The minimum Gasteiger partial charge on any atom is -0.497 e. The van der Waals surface area contributed by atoms with Crippen LogP contribution in [-0.4, -0.2) is 54.0 Å². The lowest BCUT2D eigenvalue weighted by molar-refractivity contribution is -0.130. The molecule has 1 aromatic carbocycles. The molecule has 2 heterocycles. The summed E-state index contributed by atoms with van der Waals surface area (Å²) in [5.41, 5.74) is 0.461. The fraction of sp³-hybridized carbons (Fsp3) is 0.556. The summed E-state index contributed by atoms with van der Waals surface area (Å²) in [7, 11) is 1.66. The molecule has 2 saturated heterocycles. The van der Waals surface area contributed by atoms with Crippen molar-refractivity contribution in [3.05, 3.63) is 29.8 Å². The van der Waals surface area contributed by atoms with Gasteiger partial charge < -0.3 is 10.1 Å². The van der Waals surface area contributed by atoms with E-state index < -0.39 is 5.54 Å². The van der Waals surface area contributed by atoms with Crippen molar-refractivity contribution in [2.75, 3.05) is 26.7 Å². The predicted octanol–water partition coefficient (Wildman–Crippen LogP) is 2.16. The predicted molar refractivity (Wildman–Crippen MR) is 90.9 cm³/mol. The summed E-state index contributed by atoms with van der Waals surface area (Å²) in [6, 6.07) is 8.20. The number of nitrogens with zero attached hydrogens (tertiary/aromatic N) is 2. The molecule has 0 unspecified atom stereocenters. The molecule has 1 atom stereocenters. The normalized spacial score (nSPS) is 23.6. The van der Waals surface area contributed by atoms with E-state index >= 15 is 0 Å². The standard InChI is InChI=1S/C18H25N3O3/c1-18(2)16(22)21(17(23)19-18)12-11-20-10-4-5-15(20)13-6-8-14(24-3)9-7-13/h6-9,15H,4-5,10-12H2,1-3H3,(H,19,23)/t15-/m0/s1. The average molecular weight is 331 g/mol. The van der Waals surface area contributed by atoms with Crippen LogP contribution in [0.25, 0.3) is 0 Å². The van der Waals surface area contributed by atoms with Crippen LogP contribution in [0.15, 0.2) is 24.3 Å². The van der Waals surface area contributed by atoms with Gasteiger partial charge in [0.15, 0.2) is 0 Å². The maximum atomic E-state index is 12.3. The van der Waals surface area contributed by atoms with Crippen LogP contribution in [0.4, 0.5) is 4.79 Å². The lowest BCUT2D eigenvalue weighted by Crippen LogP contribution is -2.41. The molecule has 2 aliphatic heterocycles. The summed E-state index contributed by atoms with van der Waals surface area (Å²) in [4.78, 5) is 28.0. The number of hydrogen-bond donors (Lipinski definition) is 1. The molecule has 6 heteroatoms. The number of carbonyl (C=O) groups excluding carboxylic acids is 2. The maximum Gasteiger partial charge on any atom is 0.325 e. The SMILES string of the molecule is COc1ccc([C@@H]2CCCN2CCN2C(=O)NC(C)(C)C2=O)cc1. The highest BCUT2D eigenvalue weighted by molar-refractivity contribution is 6.06.